The zero-order valence-corrected chi connectivity index (χ0v) is 13.9. The molecule has 0 spiro atoms. The van der Waals surface area contributed by atoms with Crippen LogP contribution in [0.1, 0.15) is 36.7 Å². The van der Waals surface area contributed by atoms with Crippen LogP contribution in [0.4, 0.5) is 4.39 Å². The number of rotatable bonds is 4. The summed E-state index contributed by atoms with van der Waals surface area (Å²) in [7, 11) is 0. The lowest BCUT2D eigenvalue weighted by atomic mass is 9.92. The maximum Gasteiger partial charge on any atom is 0.219 e. The van der Waals surface area contributed by atoms with Crippen LogP contribution in [0.5, 0.6) is 0 Å². The number of amides is 1. The fourth-order valence-electron chi connectivity index (χ4n) is 3.33. The molecule has 1 aromatic carbocycles. The van der Waals surface area contributed by atoms with Gasteiger partial charge in [-0.3, -0.25) is 14.8 Å². The first-order chi connectivity index (χ1) is 11.6. The van der Waals surface area contributed by atoms with Crippen LogP contribution < -0.4 is 0 Å². The van der Waals surface area contributed by atoms with Gasteiger partial charge in [0.2, 0.25) is 5.91 Å². The molecule has 1 atom stereocenters. The van der Waals surface area contributed by atoms with E-state index in [1.54, 1.807) is 31.5 Å². The topological polar surface area (TPSA) is 46.1 Å². The van der Waals surface area contributed by atoms with Crippen LogP contribution in [-0.4, -0.2) is 33.9 Å². The van der Waals surface area contributed by atoms with Gasteiger partial charge in [0.15, 0.2) is 0 Å². The molecule has 1 aromatic heterocycles. The van der Waals surface area contributed by atoms with Crippen molar-refractivity contribution in [1.29, 1.82) is 0 Å². The summed E-state index contributed by atoms with van der Waals surface area (Å²) in [5, 5.41) is 0. The standard InChI is InChI=1S/C19H22FN3O/c1-14(24)23-10-4-5-15(13-23)11-18-19(22-9-8-21-18)12-16-6-2-3-7-17(16)20/h2-3,6-9,15H,4-5,10-13H2,1H3. The predicted octanol–water partition coefficient (Wildman–Crippen LogP) is 3.01. The maximum atomic E-state index is 13.9. The first kappa shape index (κ1) is 16.6. The van der Waals surface area contributed by atoms with Crippen LogP contribution in [-0.2, 0) is 17.6 Å². The number of carbonyl (C=O) groups is 1. The van der Waals surface area contributed by atoms with Crippen LogP contribution in [0.15, 0.2) is 36.7 Å². The van der Waals surface area contributed by atoms with Gasteiger partial charge in [-0.1, -0.05) is 18.2 Å². The van der Waals surface area contributed by atoms with Crippen LogP contribution in [0, 0.1) is 11.7 Å². The number of benzene rings is 1. The normalized spacial score (nSPS) is 17.8. The Morgan fingerprint density at radius 1 is 1.25 bits per heavy atom. The van der Waals surface area contributed by atoms with Crippen molar-refractivity contribution in [2.45, 2.75) is 32.6 Å². The molecule has 2 heterocycles. The van der Waals surface area contributed by atoms with E-state index >= 15 is 0 Å². The lowest BCUT2D eigenvalue weighted by molar-refractivity contribution is -0.130. The molecular weight excluding hydrogens is 305 g/mol. The van der Waals surface area contributed by atoms with Gasteiger partial charge in [-0.25, -0.2) is 4.39 Å². The van der Waals surface area contributed by atoms with Crippen molar-refractivity contribution in [3.63, 3.8) is 0 Å². The molecule has 4 nitrogen and oxygen atoms in total. The predicted molar refractivity (Wildman–Crippen MR) is 89.9 cm³/mol. The minimum atomic E-state index is -0.213. The fraction of sp³-hybridized carbons (Fsp3) is 0.421. The van der Waals surface area contributed by atoms with Gasteiger partial charge in [0.1, 0.15) is 5.82 Å². The van der Waals surface area contributed by atoms with E-state index in [1.165, 1.54) is 6.07 Å². The lowest BCUT2D eigenvalue weighted by Crippen LogP contribution is -2.39. The van der Waals surface area contributed by atoms with Crippen LogP contribution in [0.25, 0.3) is 0 Å². The molecule has 0 bridgehead atoms. The van der Waals surface area contributed by atoms with Gasteiger partial charge in [0.05, 0.1) is 11.4 Å². The lowest BCUT2D eigenvalue weighted by Gasteiger charge is -2.32. The molecule has 0 aliphatic carbocycles. The molecule has 1 unspecified atom stereocenters. The van der Waals surface area contributed by atoms with Crippen LogP contribution in [0.3, 0.4) is 0 Å². The third kappa shape index (κ3) is 3.96. The highest BCUT2D eigenvalue weighted by molar-refractivity contribution is 5.73. The van der Waals surface area contributed by atoms with Crippen molar-refractivity contribution in [2.75, 3.05) is 13.1 Å². The average Bonchev–Trinajstić information content (AvgIpc) is 2.59. The molecule has 0 radical (unpaired) electrons. The second-order valence-corrected chi connectivity index (χ2v) is 6.40. The second-order valence-electron chi connectivity index (χ2n) is 6.40. The van der Waals surface area contributed by atoms with E-state index in [-0.39, 0.29) is 11.7 Å². The molecule has 1 amide bonds. The minimum absolute atomic E-state index is 0.130. The van der Waals surface area contributed by atoms with E-state index in [0.29, 0.717) is 17.9 Å². The summed E-state index contributed by atoms with van der Waals surface area (Å²) in [6, 6.07) is 6.78. The van der Waals surface area contributed by atoms with E-state index in [0.717, 1.165) is 43.7 Å². The van der Waals surface area contributed by atoms with Crippen LogP contribution >= 0.6 is 0 Å². The summed E-state index contributed by atoms with van der Waals surface area (Å²) >= 11 is 0. The maximum absolute atomic E-state index is 13.9. The first-order valence-corrected chi connectivity index (χ1v) is 8.41. The van der Waals surface area contributed by atoms with Gasteiger partial charge in [-0.05, 0) is 36.8 Å². The van der Waals surface area contributed by atoms with Crippen molar-refractivity contribution >= 4 is 5.91 Å². The zero-order valence-electron chi connectivity index (χ0n) is 13.9. The Balaban J connectivity index is 1.75. The number of piperidine rings is 1. The van der Waals surface area contributed by atoms with E-state index in [1.807, 2.05) is 11.0 Å². The molecule has 5 heteroatoms. The van der Waals surface area contributed by atoms with Gasteiger partial charge < -0.3 is 4.90 Å². The van der Waals surface area contributed by atoms with Gasteiger partial charge in [-0.15, -0.1) is 0 Å². The van der Waals surface area contributed by atoms with Gasteiger partial charge in [0, 0.05) is 38.8 Å². The minimum Gasteiger partial charge on any atom is -0.343 e. The van der Waals surface area contributed by atoms with Crippen molar-refractivity contribution in [2.24, 2.45) is 5.92 Å². The number of hydrogen-bond donors (Lipinski definition) is 0. The van der Waals surface area contributed by atoms with Crippen molar-refractivity contribution < 1.29 is 9.18 Å². The Morgan fingerprint density at radius 3 is 2.75 bits per heavy atom. The Hall–Kier alpha value is -2.30. The van der Waals surface area contributed by atoms with Gasteiger partial charge in [0.25, 0.3) is 0 Å². The summed E-state index contributed by atoms with van der Waals surface area (Å²) < 4.78 is 13.9. The molecule has 1 saturated heterocycles. The zero-order chi connectivity index (χ0) is 16.9. The summed E-state index contributed by atoms with van der Waals surface area (Å²) in [5.74, 6) is 0.304. The molecule has 1 aliphatic rings. The Labute approximate surface area is 141 Å². The van der Waals surface area contributed by atoms with E-state index < -0.39 is 0 Å². The van der Waals surface area contributed by atoms with Crippen molar-refractivity contribution in [3.8, 4) is 0 Å². The Bertz CT molecular complexity index is 719. The summed E-state index contributed by atoms with van der Waals surface area (Å²) in [5.41, 5.74) is 2.37. The fourth-order valence-corrected chi connectivity index (χ4v) is 3.33. The summed E-state index contributed by atoms with van der Waals surface area (Å²) in [4.78, 5) is 22.4. The van der Waals surface area contributed by atoms with E-state index in [9.17, 15) is 9.18 Å². The monoisotopic (exact) mass is 327 g/mol. The highest BCUT2D eigenvalue weighted by Crippen LogP contribution is 2.22. The molecule has 0 N–H and O–H groups in total. The smallest absolute Gasteiger partial charge is 0.219 e. The highest BCUT2D eigenvalue weighted by Gasteiger charge is 2.23. The molecule has 24 heavy (non-hydrogen) atoms. The molecule has 1 fully saturated rings. The Kier molecular flexibility index (Phi) is 5.18. The van der Waals surface area contributed by atoms with Crippen molar-refractivity contribution in [1.82, 2.24) is 14.9 Å². The highest BCUT2D eigenvalue weighted by atomic mass is 19.1. The summed E-state index contributed by atoms with van der Waals surface area (Å²) in [6.45, 7) is 3.23. The molecule has 3 rings (SSSR count). The van der Waals surface area contributed by atoms with E-state index in [4.69, 9.17) is 0 Å². The number of likely N-dealkylation sites (tertiary alicyclic amines) is 1. The summed E-state index contributed by atoms with van der Waals surface area (Å²) in [6.07, 6.45) is 6.67. The first-order valence-electron chi connectivity index (χ1n) is 8.41. The molecule has 126 valence electrons. The van der Waals surface area contributed by atoms with Gasteiger partial charge >= 0.3 is 0 Å². The van der Waals surface area contributed by atoms with E-state index in [2.05, 4.69) is 9.97 Å². The largest absolute Gasteiger partial charge is 0.343 e. The van der Waals surface area contributed by atoms with Crippen LogP contribution in [0.2, 0.25) is 0 Å². The number of nitrogens with zero attached hydrogens (tertiary/aromatic N) is 3. The molecule has 2 aromatic rings. The van der Waals surface area contributed by atoms with Crippen molar-refractivity contribution in [3.05, 3.63) is 59.4 Å². The Morgan fingerprint density at radius 2 is 2.00 bits per heavy atom. The third-order valence-electron chi connectivity index (χ3n) is 4.62. The molecule has 1 aliphatic heterocycles. The second kappa shape index (κ2) is 7.51. The number of hydrogen-bond acceptors (Lipinski definition) is 3. The SMILES string of the molecule is CC(=O)N1CCCC(Cc2nccnc2Cc2ccccc2F)C1. The number of aromatic nitrogens is 2. The number of carbonyl (C=O) groups excluding carboxylic acids is 1. The number of halogens is 1. The third-order valence-corrected chi connectivity index (χ3v) is 4.62. The molecular formula is C19H22FN3O. The quantitative estimate of drug-likeness (QED) is 0.867. The molecule has 0 saturated carbocycles. The van der Waals surface area contributed by atoms with Gasteiger partial charge in [-0.2, -0.15) is 0 Å². The average molecular weight is 327 g/mol.